The molecule has 0 saturated heterocycles. The molecule has 0 amide bonds. The van der Waals surface area contributed by atoms with Gasteiger partial charge in [0.15, 0.2) is 0 Å². The summed E-state index contributed by atoms with van der Waals surface area (Å²) in [6, 6.07) is 15.3. The van der Waals surface area contributed by atoms with E-state index in [1.165, 1.54) is 5.56 Å². The maximum Gasteiger partial charge on any atom is 0.344 e. The van der Waals surface area contributed by atoms with Crippen LogP contribution in [0.2, 0.25) is 0 Å². The van der Waals surface area contributed by atoms with Gasteiger partial charge in [-0.15, -0.1) is 0 Å². The second-order valence-corrected chi connectivity index (χ2v) is 9.88. The number of carbonyl (C=O) groups is 1. The number of esters is 1. The number of hydrogen-bond donors (Lipinski definition) is 0. The molecule has 0 bridgehead atoms. The molecule has 0 unspecified atom stereocenters. The summed E-state index contributed by atoms with van der Waals surface area (Å²) >= 11 is 1.55. The Morgan fingerprint density at radius 1 is 1.00 bits per heavy atom. The normalized spacial score (nSPS) is 11.6. The van der Waals surface area contributed by atoms with E-state index in [1.807, 2.05) is 41.5 Å². The first-order chi connectivity index (χ1) is 14.5. The minimum atomic E-state index is -0.424. The largest absolute Gasteiger partial charge is 0.491 e. The van der Waals surface area contributed by atoms with E-state index in [9.17, 15) is 4.79 Å². The van der Waals surface area contributed by atoms with Crippen LogP contribution in [0.3, 0.4) is 0 Å². The van der Waals surface area contributed by atoms with Gasteiger partial charge in [-0.05, 0) is 84.9 Å². The quantitative estimate of drug-likeness (QED) is 0.416. The summed E-state index contributed by atoms with van der Waals surface area (Å²) in [4.78, 5) is 14.9. The Labute approximate surface area is 188 Å². The van der Waals surface area contributed by atoms with E-state index in [1.54, 1.807) is 40.7 Å². The lowest BCUT2D eigenvalue weighted by atomic mass is 10.1. The first-order valence-corrected chi connectivity index (χ1v) is 11.2. The second kappa shape index (κ2) is 9.18. The number of aromatic nitrogens is 2. The molecule has 31 heavy (non-hydrogen) atoms. The molecule has 6 heteroatoms. The standard InChI is InChI=1S/C25H30N2O3S/c1-16(2)29-20-12-10-19(11-13-20)24(28)30-23-22(18(4)26-27(23)25(5,6)7)31-21-14-8-17(3)9-15-21/h8-16H,1-7H3. The number of aryl methyl sites for hydroxylation is 2. The zero-order chi connectivity index (χ0) is 22.8. The van der Waals surface area contributed by atoms with Gasteiger partial charge in [-0.2, -0.15) is 5.10 Å². The summed E-state index contributed by atoms with van der Waals surface area (Å²) < 4.78 is 13.4. The van der Waals surface area contributed by atoms with Gasteiger partial charge in [0.25, 0.3) is 0 Å². The van der Waals surface area contributed by atoms with Crippen molar-refractivity contribution in [3.05, 3.63) is 65.4 Å². The van der Waals surface area contributed by atoms with Crippen molar-refractivity contribution in [2.45, 2.75) is 69.9 Å². The van der Waals surface area contributed by atoms with Gasteiger partial charge in [0.1, 0.15) is 5.75 Å². The van der Waals surface area contributed by atoms with Crippen molar-refractivity contribution in [1.29, 1.82) is 0 Å². The maximum atomic E-state index is 13.0. The van der Waals surface area contributed by atoms with Crippen LogP contribution in [-0.2, 0) is 5.54 Å². The van der Waals surface area contributed by atoms with Crippen molar-refractivity contribution in [3.8, 4) is 11.6 Å². The minimum Gasteiger partial charge on any atom is -0.491 e. The van der Waals surface area contributed by atoms with Crippen LogP contribution in [0, 0.1) is 13.8 Å². The third-order valence-corrected chi connectivity index (χ3v) is 5.67. The molecule has 1 aromatic heterocycles. The average molecular weight is 439 g/mol. The van der Waals surface area contributed by atoms with Gasteiger partial charge in [0, 0.05) is 4.90 Å². The maximum absolute atomic E-state index is 13.0. The van der Waals surface area contributed by atoms with Crippen molar-refractivity contribution < 1.29 is 14.3 Å². The van der Waals surface area contributed by atoms with Crippen LogP contribution in [0.25, 0.3) is 0 Å². The summed E-state index contributed by atoms with van der Waals surface area (Å²) in [5.41, 5.74) is 2.13. The van der Waals surface area contributed by atoms with Crippen LogP contribution < -0.4 is 9.47 Å². The Morgan fingerprint density at radius 2 is 1.61 bits per heavy atom. The summed E-state index contributed by atoms with van der Waals surface area (Å²) in [7, 11) is 0. The average Bonchev–Trinajstić information content (AvgIpc) is 2.99. The predicted octanol–water partition coefficient (Wildman–Crippen LogP) is 6.41. The molecule has 0 aliphatic rings. The van der Waals surface area contributed by atoms with Crippen molar-refractivity contribution in [2.24, 2.45) is 0 Å². The van der Waals surface area contributed by atoms with Crippen LogP contribution >= 0.6 is 11.8 Å². The molecule has 0 atom stereocenters. The van der Waals surface area contributed by atoms with Crippen molar-refractivity contribution in [1.82, 2.24) is 9.78 Å². The minimum absolute atomic E-state index is 0.0725. The highest BCUT2D eigenvalue weighted by Crippen LogP contribution is 2.40. The van der Waals surface area contributed by atoms with E-state index in [4.69, 9.17) is 9.47 Å². The van der Waals surface area contributed by atoms with E-state index in [0.717, 1.165) is 21.2 Å². The van der Waals surface area contributed by atoms with Crippen molar-refractivity contribution >= 4 is 17.7 Å². The topological polar surface area (TPSA) is 53.4 Å². The molecule has 0 spiro atoms. The molecule has 2 aromatic carbocycles. The molecule has 164 valence electrons. The van der Waals surface area contributed by atoms with Gasteiger partial charge in [0.05, 0.1) is 27.8 Å². The Hall–Kier alpha value is -2.73. The van der Waals surface area contributed by atoms with E-state index >= 15 is 0 Å². The van der Waals surface area contributed by atoms with Crippen molar-refractivity contribution in [2.75, 3.05) is 0 Å². The van der Waals surface area contributed by atoms with Crippen LogP contribution in [0.1, 0.15) is 56.2 Å². The van der Waals surface area contributed by atoms with Crippen LogP contribution in [0.15, 0.2) is 58.3 Å². The second-order valence-electron chi connectivity index (χ2n) is 8.80. The number of hydrogen-bond acceptors (Lipinski definition) is 5. The summed E-state index contributed by atoms with van der Waals surface area (Å²) in [6.07, 6.45) is 0.0725. The first-order valence-electron chi connectivity index (χ1n) is 10.4. The highest BCUT2D eigenvalue weighted by molar-refractivity contribution is 7.99. The monoisotopic (exact) mass is 438 g/mol. The summed E-state index contributed by atoms with van der Waals surface area (Å²) in [6.45, 7) is 14.0. The molecule has 1 heterocycles. The smallest absolute Gasteiger partial charge is 0.344 e. The number of rotatable bonds is 6. The molecule has 3 aromatic rings. The summed E-state index contributed by atoms with van der Waals surface area (Å²) in [5, 5.41) is 4.69. The number of nitrogens with zero attached hydrogens (tertiary/aromatic N) is 2. The first kappa shape index (κ1) is 22.9. The van der Waals surface area contributed by atoms with E-state index in [-0.39, 0.29) is 11.6 Å². The number of ether oxygens (including phenoxy) is 2. The molecular formula is C25H30N2O3S. The summed E-state index contributed by atoms with van der Waals surface area (Å²) in [5.74, 6) is 0.757. The van der Waals surface area contributed by atoms with E-state index < -0.39 is 5.97 Å². The Bertz CT molecular complexity index is 1050. The highest BCUT2D eigenvalue weighted by atomic mass is 32.2. The van der Waals surface area contributed by atoms with Gasteiger partial charge in [0.2, 0.25) is 5.88 Å². The fraction of sp³-hybridized carbons (Fsp3) is 0.360. The zero-order valence-corrected chi connectivity index (χ0v) is 20.0. The van der Waals surface area contributed by atoms with Gasteiger partial charge < -0.3 is 9.47 Å². The molecule has 0 radical (unpaired) electrons. The molecule has 3 rings (SSSR count). The van der Waals surface area contributed by atoms with Gasteiger partial charge in [-0.1, -0.05) is 29.5 Å². The zero-order valence-electron chi connectivity index (χ0n) is 19.2. The highest BCUT2D eigenvalue weighted by Gasteiger charge is 2.27. The van der Waals surface area contributed by atoms with Crippen LogP contribution in [-0.4, -0.2) is 21.9 Å². The van der Waals surface area contributed by atoms with Gasteiger partial charge in [-0.25, -0.2) is 9.48 Å². The van der Waals surface area contributed by atoms with E-state index in [2.05, 4.69) is 36.3 Å². The fourth-order valence-corrected chi connectivity index (χ4v) is 3.88. The molecular weight excluding hydrogens is 408 g/mol. The Balaban J connectivity index is 1.92. The van der Waals surface area contributed by atoms with Crippen LogP contribution in [0.5, 0.6) is 11.6 Å². The lowest BCUT2D eigenvalue weighted by Crippen LogP contribution is -2.25. The fourth-order valence-electron chi connectivity index (χ4n) is 2.97. The number of carbonyl (C=O) groups excluding carboxylic acids is 1. The van der Waals surface area contributed by atoms with Gasteiger partial charge in [-0.3, -0.25) is 0 Å². The third-order valence-electron chi connectivity index (χ3n) is 4.49. The molecule has 0 saturated carbocycles. The van der Waals surface area contributed by atoms with E-state index in [0.29, 0.717) is 11.4 Å². The molecule has 0 N–H and O–H groups in total. The lowest BCUT2D eigenvalue weighted by Gasteiger charge is -2.22. The molecule has 5 nitrogen and oxygen atoms in total. The Morgan fingerprint density at radius 3 is 2.16 bits per heavy atom. The van der Waals surface area contributed by atoms with Crippen LogP contribution in [0.4, 0.5) is 0 Å². The predicted molar refractivity (Wildman–Crippen MR) is 124 cm³/mol. The van der Waals surface area contributed by atoms with Crippen molar-refractivity contribution in [3.63, 3.8) is 0 Å². The number of benzene rings is 2. The third kappa shape index (κ3) is 5.70. The SMILES string of the molecule is Cc1ccc(Sc2c(C)nn(C(C)(C)C)c2OC(=O)c2ccc(OC(C)C)cc2)cc1. The molecule has 0 aliphatic carbocycles. The molecule has 0 aliphatic heterocycles. The molecule has 0 fully saturated rings. The Kier molecular flexibility index (Phi) is 6.80. The van der Waals surface area contributed by atoms with Gasteiger partial charge >= 0.3 is 5.97 Å². The lowest BCUT2D eigenvalue weighted by molar-refractivity contribution is 0.0704.